The highest BCUT2D eigenvalue weighted by Crippen LogP contribution is 2.24. The second-order valence-corrected chi connectivity index (χ2v) is 5.86. The molecule has 20 heavy (non-hydrogen) atoms. The third-order valence-corrected chi connectivity index (χ3v) is 3.93. The molecule has 5 nitrogen and oxygen atoms in total. The molecule has 0 amide bonds. The number of hydrogen-bond acceptors (Lipinski definition) is 6. The fraction of sp³-hybridized carbons (Fsp3) is 0.357. The third-order valence-electron chi connectivity index (χ3n) is 3.08. The van der Waals surface area contributed by atoms with Gasteiger partial charge in [0.25, 0.3) is 0 Å². The summed E-state index contributed by atoms with van der Waals surface area (Å²) in [7, 11) is 0. The van der Waals surface area contributed by atoms with E-state index in [9.17, 15) is 0 Å². The molecule has 6 heteroatoms. The first-order chi connectivity index (χ1) is 9.72. The molecule has 0 aliphatic heterocycles. The van der Waals surface area contributed by atoms with Crippen LogP contribution in [-0.2, 0) is 6.42 Å². The van der Waals surface area contributed by atoms with Gasteiger partial charge >= 0.3 is 0 Å². The van der Waals surface area contributed by atoms with Gasteiger partial charge in [0.15, 0.2) is 0 Å². The molecule has 3 aromatic heterocycles. The zero-order chi connectivity index (χ0) is 13.9. The van der Waals surface area contributed by atoms with Gasteiger partial charge in [0.2, 0.25) is 11.7 Å². The van der Waals surface area contributed by atoms with Crippen LogP contribution in [0.3, 0.4) is 0 Å². The molecule has 3 heterocycles. The summed E-state index contributed by atoms with van der Waals surface area (Å²) in [4.78, 5) is 8.80. The molecule has 0 aromatic carbocycles. The Morgan fingerprint density at radius 3 is 3.20 bits per heavy atom. The Morgan fingerprint density at radius 1 is 1.45 bits per heavy atom. The number of aromatic nitrogens is 3. The van der Waals surface area contributed by atoms with E-state index in [0.717, 1.165) is 35.0 Å². The molecule has 3 aromatic rings. The van der Waals surface area contributed by atoms with Gasteiger partial charge < -0.3 is 10.3 Å². The molecule has 0 spiro atoms. The predicted molar refractivity (Wildman–Crippen MR) is 79.5 cm³/mol. The van der Waals surface area contributed by atoms with Crippen molar-refractivity contribution in [2.75, 3.05) is 0 Å². The summed E-state index contributed by atoms with van der Waals surface area (Å²) in [6.07, 6.45) is 4.47. The fourth-order valence-corrected chi connectivity index (χ4v) is 2.80. The molecule has 1 unspecified atom stereocenters. The van der Waals surface area contributed by atoms with E-state index in [0.29, 0.717) is 11.7 Å². The molecule has 0 aliphatic rings. The van der Waals surface area contributed by atoms with Gasteiger partial charge in [-0.3, -0.25) is 4.98 Å². The topological polar surface area (TPSA) is 77.8 Å². The van der Waals surface area contributed by atoms with Gasteiger partial charge in [0, 0.05) is 24.2 Å². The quantitative estimate of drug-likeness (QED) is 0.780. The van der Waals surface area contributed by atoms with Gasteiger partial charge in [-0.2, -0.15) is 4.98 Å². The molecule has 0 fully saturated rings. The molecule has 0 aliphatic carbocycles. The zero-order valence-corrected chi connectivity index (χ0v) is 12.1. The Bertz CT molecular complexity index is 704. The summed E-state index contributed by atoms with van der Waals surface area (Å²) < 4.78 is 6.40. The molecule has 0 saturated carbocycles. The third kappa shape index (κ3) is 2.86. The largest absolute Gasteiger partial charge is 0.339 e. The normalized spacial score (nSPS) is 12.9. The van der Waals surface area contributed by atoms with Crippen LogP contribution in [0.4, 0.5) is 0 Å². The number of fused-ring (bicyclic) bond motifs is 1. The van der Waals surface area contributed by atoms with E-state index in [2.05, 4.69) is 15.1 Å². The predicted octanol–water partition coefficient (Wildman–Crippen LogP) is 3.02. The number of aryl methyl sites for hydroxylation is 1. The molecule has 104 valence electrons. The Morgan fingerprint density at radius 2 is 2.35 bits per heavy atom. The molecule has 0 radical (unpaired) electrons. The highest BCUT2D eigenvalue weighted by molar-refractivity contribution is 7.17. The second-order valence-electron chi connectivity index (χ2n) is 4.91. The number of hydrogen-bond donors (Lipinski definition) is 1. The van der Waals surface area contributed by atoms with E-state index < -0.39 is 0 Å². The van der Waals surface area contributed by atoms with E-state index in [1.165, 1.54) is 0 Å². The first-order valence-electron chi connectivity index (χ1n) is 6.64. The summed E-state index contributed by atoms with van der Waals surface area (Å²) in [6, 6.07) is 4.26. The minimum atomic E-state index is 0.211. The van der Waals surface area contributed by atoms with Crippen LogP contribution < -0.4 is 5.73 Å². The lowest BCUT2D eigenvalue weighted by atomic mass is 10.1. The van der Waals surface area contributed by atoms with Crippen LogP contribution >= 0.6 is 11.3 Å². The van der Waals surface area contributed by atoms with Gasteiger partial charge in [0.05, 0.1) is 10.2 Å². The summed E-state index contributed by atoms with van der Waals surface area (Å²) in [6.45, 7) is 2.00. The number of nitrogens with two attached hydrogens (primary N) is 1. The van der Waals surface area contributed by atoms with Crippen LogP contribution in [-0.4, -0.2) is 21.2 Å². The van der Waals surface area contributed by atoms with Crippen molar-refractivity contribution < 1.29 is 4.52 Å². The van der Waals surface area contributed by atoms with E-state index in [-0.39, 0.29) is 6.04 Å². The molecule has 3 rings (SSSR count). The average Bonchev–Trinajstić information content (AvgIpc) is 3.05. The summed E-state index contributed by atoms with van der Waals surface area (Å²) in [5.41, 5.74) is 7.61. The summed E-state index contributed by atoms with van der Waals surface area (Å²) >= 11 is 1.66. The van der Waals surface area contributed by atoms with Gasteiger partial charge in [-0.05, 0) is 37.3 Å². The smallest absolute Gasteiger partial charge is 0.226 e. The van der Waals surface area contributed by atoms with Crippen molar-refractivity contribution in [1.29, 1.82) is 0 Å². The highest BCUT2D eigenvalue weighted by Gasteiger charge is 2.10. The van der Waals surface area contributed by atoms with Crippen LogP contribution in [0.15, 0.2) is 28.2 Å². The van der Waals surface area contributed by atoms with E-state index in [4.69, 9.17) is 10.3 Å². The maximum Gasteiger partial charge on any atom is 0.226 e. The van der Waals surface area contributed by atoms with Crippen LogP contribution in [0.5, 0.6) is 0 Å². The van der Waals surface area contributed by atoms with Crippen molar-refractivity contribution >= 4 is 21.6 Å². The Labute approximate surface area is 120 Å². The van der Waals surface area contributed by atoms with Crippen LogP contribution in [0.1, 0.15) is 25.7 Å². The second kappa shape index (κ2) is 5.68. The number of pyridine rings is 1. The Balaban J connectivity index is 1.75. The molecule has 2 N–H and O–H groups in total. The first-order valence-corrected chi connectivity index (χ1v) is 7.52. The van der Waals surface area contributed by atoms with Crippen LogP contribution in [0.25, 0.3) is 21.6 Å². The van der Waals surface area contributed by atoms with Crippen LogP contribution in [0.2, 0.25) is 0 Å². The molecule has 0 saturated heterocycles. The number of rotatable bonds is 5. The highest BCUT2D eigenvalue weighted by atomic mass is 32.1. The Hall–Kier alpha value is -1.79. The maximum atomic E-state index is 5.72. The molecular weight excluding hydrogens is 272 g/mol. The molecular formula is C14H16N4OS. The Kier molecular flexibility index (Phi) is 3.75. The van der Waals surface area contributed by atoms with Crippen molar-refractivity contribution in [3.05, 3.63) is 29.6 Å². The molecule has 1 atom stereocenters. The lowest BCUT2D eigenvalue weighted by Crippen LogP contribution is -2.14. The van der Waals surface area contributed by atoms with Gasteiger partial charge in [-0.1, -0.05) is 5.16 Å². The van der Waals surface area contributed by atoms with Crippen molar-refractivity contribution in [3.8, 4) is 11.4 Å². The van der Waals surface area contributed by atoms with Crippen LogP contribution in [0, 0.1) is 0 Å². The summed E-state index contributed by atoms with van der Waals surface area (Å²) in [5, 5.41) is 6.05. The van der Waals surface area contributed by atoms with Crippen molar-refractivity contribution in [3.63, 3.8) is 0 Å². The SMILES string of the molecule is CC(N)CCCc1nc(-c2cnc3ccsc3c2)no1. The van der Waals surface area contributed by atoms with Gasteiger partial charge in [-0.15, -0.1) is 11.3 Å². The van der Waals surface area contributed by atoms with Gasteiger partial charge in [0.1, 0.15) is 0 Å². The number of nitrogens with zero attached hydrogens (tertiary/aromatic N) is 3. The van der Waals surface area contributed by atoms with E-state index in [1.54, 1.807) is 17.5 Å². The summed E-state index contributed by atoms with van der Waals surface area (Å²) in [5.74, 6) is 1.26. The lowest BCUT2D eigenvalue weighted by molar-refractivity contribution is 0.373. The van der Waals surface area contributed by atoms with Gasteiger partial charge in [-0.25, -0.2) is 0 Å². The van der Waals surface area contributed by atoms with E-state index >= 15 is 0 Å². The van der Waals surface area contributed by atoms with E-state index in [1.807, 2.05) is 24.4 Å². The number of thiophene rings is 1. The first kappa shape index (κ1) is 13.2. The maximum absolute atomic E-state index is 5.72. The van der Waals surface area contributed by atoms with Crippen molar-refractivity contribution in [2.45, 2.75) is 32.2 Å². The van der Waals surface area contributed by atoms with Crippen molar-refractivity contribution in [2.24, 2.45) is 5.73 Å². The zero-order valence-electron chi connectivity index (χ0n) is 11.2. The monoisotopic (exact) mass is 288 g/mol. The minimum Gasteiger partial charge on any atom is -0.339 e. The fourth-order valence-electron chi connectivity index (χ4n) is 2.02. The average molecular weight is 288 g/mol. The minimum absolute atomic E-state index is 0.211. The van der Waals surface area contributed by atoms with Crippen molar-refractivity contribution in [1.82, 2.24) is 15.1 Å². The molecule has 0 bridgehead atoms. The lowest BCUT2D eigenvalue weighted by Gasteiger charge is -2.00. The standard InChI is InChI=1S/C14H16N4OS/c1-9(15)3-2-4-13-17-14(18-19-13)10-7-12-11(16-8-10)5-6-20-12/h5-9H,2-4,15H2,1H3.